The van der Waals surface area contributed by atoms with Crippen LogP contribution in [0.25, 0.3) is 78.0 Å². The third kappa shape index (κ3) is 3.97. The van der Waals surface area contributed by atoms with Crippen molar-refractivity contribution < 1.29 is 0 Å². The van der Waals surface area contributed by atoms with Gasteiger partial charge in [0.15, 0.2) is 17.5 Å². The molecule has 51 heavy (non-hydrogen) atoms. The molecule has 236 valence electrons. The second-order valence-electron chi connectivity index (χ2n) is 13.5. The predicted molar refractivity (Wildman–Crippen MR) is 207 cm³/mol. The summed E-state index contributed by atoms with van der Waals surface area (Å²) in [6.07, 6.45) is 0. The van der Waals surface area contributed by atoms with E-state index < -0.39 is 5.41 Å². The van der Waals surface area contributed by atoms with E-state index in [0.717, 1.165) is 22.1 Å². The van der Waals surface area contributed by atoms with Crippen LogP contribution in [0.1, 0.15) is 22.3 Å². The molecular weight excluding hydrogens is 619 g/mol. The van der Waals surface area contributed by atoms with Crippen molar-refractivity contribution in [1.29, 1.82) is 0 Å². The number of aromatic nitrogens is 3. The third-order valence-corrected chi connectivity index (χ3v) is 10.9. The summed E-state index contributed by atoms with van der Waals surface area (Å²) in [7, 11) is 0. The van der Waals surface area contributed by atoms with Crippen molar-refractivity contribution in [2.45, 2.75) is 5.41 Å². The van der Waals surface area contributed by atoms with Gasteiger partial charge in [0, 0.05) is 16.7 Å². The Morgan fingerprint density at radius 2 is 0.863 bits per heavy atom. The summed E-state index contributed by atoms with van der Waals surface area (Å²) in [6.45, 7) is 0. The fourth-order valence-electron chi connectivity index (χ4n) is 8.73. The van der Waals surface area contributed by atoms with Crippen LogP contribution in [0.4, 0.5) is 0 Å². The molecule has 0 saturated carbocycles. The fourth-order valence-corrected chi connectivity index (χ4v) is 8.73. The number of benzene rings is 8. The lowest BCUT2D eigenvalue weighted by Crippen LogP contribution is -2.25. The van der Waals surface area contributed by atoms with Gasteiger partial charge in [-0.25, -0.2) is 15.0 Å². The Morgan fingerprint density at radius 1 is 0.314 bits per heavy atom. The average molecular weight is 648 g/mol. The minimum Gasteiger partial charge on any atom is -0.208 e. The maximum Gasteiger partial charge on any atom is 0.164 e. The molecule has 1 heterocycles. The summed E-state index contributed by atoms with van der Waals surface area (Å²) in [4.78, 5) is 15.0. The van der Waals surface area contributed by atoms with E-state index in [1.54, 1.807) is 0 Å². The predicted octanol–water partition coefficient (Wildman–Crippen LogP) is 11.5. The summed E-state index contributed by atoms with van der Waals surface area (Å²) >= 11 is 0. The number of rotatable bonds is 3. The van der Waals surface area contributed by atoms with Gasteiger partial charge in [-0.15, -0.1) is 0 Å². The highest BCUT2D eigenvalue weighted by atomic mass is 15.0. The van der Waals surface area contributed by atoms with Crippen molar-refractivity contribution >= 4 is 21.5 Å². The normalized spacial score (nSPS) is 13.3. The van der Waals surface area contributed by atoms with E-state index in [4.69, 9.17) is 15.0 Å². The fraction of sp³-hybridized carbons (Fsp3) is 0.0208. The monoisotopic (exact) mass is 647 g/mol. The maximum atomic E-state index is 5.05. The molecule has 9 aromatic rings. The number of fused-ring (bicyclic) bond motifs is 13. The average Bonchev–Trinajstić information content (AvgIpc) is 3.67. The third-order valence-electron chi connectivity index (χ3n) is 10.9. The number of hydrogen-bond acceptors (Lipinski definition) is 3. The smallest absolute Gasteiger partial charge is 0.164 e. The van der Waals surface area contributed by atoms with Crippen molar-refractivity contribution in [3.63, 3.8) is 0 Å². The molecule has 0 bridgehead atoms. The molecule has 0 saturated heterocycles. The van der Waals surface area contributed by atoms with E-state index in [2.05, 4.69) is 140 Å². The van der Waals surface area contributed by atoms with Crippen LogP contribution in [0.2, 0.25) is 0 Å². The van der Waals surface area contributed by atoms with Crippen LogP contribution in [0.3, 0.4) is 0 Å². The highest BCUT2D eigenvalue weighted by molar-refractivity contribution is 6.08. The SMILES string of the molecule is c1ccc(-c2nc(-c3ccccc3)nc(-c3ccc4cc5c(cc4c3)C3(c4ccccc4-c4ccccc43)c3ccc4ccccc4c3-5)n2)cc1. The summed E-state index contributed by atoms with van der Waals surface area (Å²) in [5.41, 5.74) is 13.0. The summed E-state index contributed by atoms with van der Waals surface area (Å²) in [5.74, 6) is 1.98. The first-order valence-electron chi connectivity index (χ1n) is 17.4. The lowest BCUT2D eigenvalue weighted by molar-refractivity contribution is 0.795. The molecule has 8 aromatic carbocycles. The summed E-state index contributed by atoms with van der Waals surface area (Å²) in [6, 6.07) is 63.3. The molecule has 0 aliphatic heterocycles. The second kappa shape index (κ2) is 10.6. The minimum absolute atomic E-state index is 0.430. The highest BCUT2D eigenvalue weighted by Gasteiger charge is 2.52. The van der Waals surface area contributed by atoms with Gasteiger partial charge in [-0.05, 0) is 84.3 Å². The van der Waals surface area contributed by atoms with Crippen molar-refractivity contribution in [2.24, 2.45) is 0 Å². The van der Waals surface area contributed by atoms with Gasteiger partial charge in [-0.2, -0.15) is 0 Å². The Labute approximate surface area is 295 Å². The summed E-state index contributed by atoms with van der Waals surface area (Å²) in [5, 5.41) is 4.90. The molecule has 0 N–H and O–H groups in total. The van der Waals surface area contributed by atoms with E-state index in [1.807, 2.05) is 36.4 Å². The molecule has 0 fully saturated rings. The van der Waals surface area contributed by atoms with Gasteiger partial charge in [-0.3, -0.25) is 0 Å². The van der Waals surface area contributed by atoms with Crippen molar-refractivity contribution in [2.75, 3.05) is 0 Å². The molecular formula is C48H29N3. The van der Waals surface area contributed by atoms with Gasteiger partial charge in [0.2, 0.25) is 0 Å². The first kappa shape index (κ1) is 28.2. The van der Waals surface area contributed by atoms with E-state index >= 15 is 0 Å². The molecule has 3 nitrogen and oxygen atoms in total. The topological polar surface area (TPSA) is 38.7 Å². The van der Waals surface area contributed by atoms with E-state index in [1.165, 1.54) is 60.7 Å². The molecule has 0 atom stereocenters. The lowest BCUT2D eigenvalue weighted by atomic mass is 9.70. The van der Waals surface area contributed by atoms with Crippen LogP contribution in [0.15, 0.2) is 176 Å². The minimum atomic E-state index is -0.430. The van der Waals surface area contributed by atoms with E-state index in [-0.39, 0.29) is 0 Å². The molecule has 2 aliphatic rings. The van der Waals surface area contributed by atoms with Gasteiger partial charge in [0.05, 0.1) is 5.41 Å². The largest absolute Gasteiger partial charge is 0.208 e. The van der Waals surface area contributed by atoms with Crippen LogP contribution in [-0.4, -0.2) is 15.0 Å². The van der Waals surface area contributed by atoms with Gasteiger partial charge >= 0.3 is 0 Å². The van der Waals surface area contributed by atoms with Crippen LogP contribution in [-0.2, 0) is 5.41 Å². The molecule has 0 unspecified atom stereocenters. The number of hydrogen-bond donors (Lipinski definition) is 0. The first-order valence-corrected chi connectivity index (χ1v) is 17.4. The van der Waals surface area contributed by atoms with Gasteiger partial charge < -0.3 is 0 Å². The van der Waals surface area contributed by atoms with Crippen LogP contribution in [0.5, 0.6) is 0 Å². The van der Waals surface area contributed by atoms with Crippen LogP contribution < -0.4 is 0 Å². The summed E-state index contributed by atoms with van der Waals surface area (Å²) < 4.78 is 0. The zero-order chi connectivity index (χ0) is 33.5. The highest BCUT2D eigenvalue weighted by Crippen LogP contribution is 2.64. The van der Waals surface area contributed by atoms with Gasteiger partial charge in [-0.1, -0.05) is 158 Å². The van der Waals surface area contributed by atoms with E-state index in [0.29, 0.717) is 17.5 Å². The molecule has 0 radical (unpaired) electrons. The standard InChI is InChI=1S/C48H29N3/c1-3-14-31(15-4-1)45-49-46(32-16-5-2-6-17-32)51-47(50-45)34-24-23-33-28-39-43(29-35(33)27-34)48(42-26-25-30-13-7-8-18-36(30)44(39)42)40-21-11-9-19-37(40)38-20-10-12-22-41(38)48/h1-29H. The molecule has 1 spiro atoms. The zero-order valence-corrected chi connectivity index (χ0v) is 27.6. The Bertz CT molecular complexity index is 2750. The van der Waals surface area contributed by atoms with Crippen molar-refractivity contribution in [3.8, 4) is 56.4 Å². The molecule has 1 aromatic heterocycles. The second-order valence-corrected chi connectivity index (χ2v) is 13.5. The molecule has 2 aliphatic carbocycles. The Morgan fingerprint density at radius 3 is 1.53 bits per heavy atom. The van der Waals surface area contributed by atoms with Crippen molar-refractivity contribution in [1.82, 2.24) is 15.0 Å². The van der Waals surface area contributed by atoms with Crippen molar-refractivity contribution in [3.05, 3.63) is 198 Å². The van der Waals surface area contributed by atoms with Crippen LogP contribution >= 0.6 is 0 Å². The van der Waals surface area contributed by atoms with Gasteiger partial charge in [0.1, 0.15) is 0 Å². The molecule has 0 amide bonds. The quantitative estimate of drug-likeness (QED) is 0.192. The Kier molecular flexibility index (Phi) is 5.88. The molecule has 11 rings (SSSR count). The lowest BCUT2D eigenvalue weighted by Gasteiger charge is -2.30. The zero-order valence-electron chi connectivity index (χ0n) is 27.6. The van der Waals surface area contributed by atoms with Crippen LogP contribution in [0, 0.1) is 0 Å². The maximum absolute atomic E-state index is 5.05. The molecule has 3 heteroatoms. The Hall–Kier alpha value is -6.71. The van der Waals surface area contributed by atoms with Gasteiger partial charge in [0.25, 0.3) is 0 Å². The number of nitrogens with zero attached hydrogens (tertiary/aromatic N) is 3. The van der Waals surface area contributed by atoms with E-state index in [9.17, 15) is 0 Å². The Balaban J connectivity index is 1.19. The first-order chi connectivity index (χ1) is 25.3.